The number of rotatable bonds is 3. The maximum Gasteiger partial charge on any atom is 0.285 e. The molecule has 1 saturated heterocycles. The third-order valence-corrected chi connectivity index (χ3v) is 2.95. The number of nitro benzene ring substituents is 1. The van der Waals surface area contributed by atoms with Gasteiger partial charge >= 0.3 is 0 Å². The average Bonchev–Trinajstić information content (AvgIpc) is 2.41. The molecule has 1 fully saturated rings. The number of carbonyl (C=O) groups excluding carboxylic acids is 3. The lowest BCUT2D eigenvalue weighted by Crippen LogP contribution is -2.52. The molecule has 110 valence electrons. The van der Waals surface area contributed by atoms with E-state index in [0.717, 1.165) is 12.1 Å². The van der Waals surface area contributed by atoms with E-state index in [0.29, 0.717) is 6.07 Å². The Morgan fingerprint density at radius 2 is 2.14 bits per heavy atom. The number of halogens is 1. The lowest BCUT2D eigenvalue weighted by molar-refractivity contribution is -0.385. The number of benzene rings is 1. The molecule has 2 rings (SSSR count). The van der Waals surface area contributed by atoms with E-state index < -0.39 is 40.2 Å². The number of nitro groups is 1. The zero-order chi connectivity index (χ0) is 15.6. The number of hydrogen-bond donors (Lipinski definition) is 2. The van der Waals surface area contributed by atoms with Crippen LogP contribution in [0.1, 0.15) is 23.2 Å². The molecule has 21 heavy (non-hydrogen) atoms. The Bertz CT molecular complexity index is 646. The molecule has 1 unspecified atom stereocenters. The molecule has 2 N–H and O–H groups in total. The minimum absolute atomic E-state index is 0.0577. The van der Waals surface area contributed by atoms with Crippen LogP contribution in [-0.2, 0) is 9.59 Å². The summed E-state index contributed by atoms with van der Waals surface area (Å²) in [6.45, 7) is 0. The number of nitrogens with zero attached hydrogens (tertiary/aromatic N) is 1. The molecule has 0 bridgehead atoms. The first-order valence-corrected chi connectivity index (χ1v) is 5.97. The Kier molecular flexibility index (Phi) is 3.92. The molecule has 9 heteroatoms. The predicted octanol–water partition coefficient (Wildman–Crippen LogP) is 0.269. The molecule has 1 atom stereocenters. The second-order valence-corrected chi connectivity index (χ2v) is 4.40. The molecule has 1 aliphatic heterocycles. The lowest BCUT2D eigenvalue weighted by atomic mass is 10.1. The molecular weight excluding hydrogens is 285 g/mol. The number of hydrogen-bond acceptors (Lipinski definition) is 5. The van der Waals surface area contributed by atoms with Gasteiger partial charge in [0.1, 0.15) is 17.4 Å². The van der Waals surface area contributed by atoms with Crippen LogP contribution >= 0.6 is 0 Å². The van der Waals surface area contributed by atoms with Crippen molar-refractivity contribution in [2.24, 2.45) is 0 Å². The summed E-state index contributed by atoms with van der Waals surface area (Å²) in [6.07, 6.45) is 0.160. The van der Waals surface area contributed by atoms with Crippen molar-refractivity contribution < 1.29 is 23.7 Å². The van der Waals surface area contributed by atoms with Gasteiger partial charge in [0.15, 0.2) is 0 Å². The smallest absolute Gasteiger partial charge is 0.285 e. The number of carbonyl (C=O) groups is 3. The molecule has 0 saturated carbocycles. The summed E-state index contributed by atoms with van der Waals surface area (Å²) < 4.78 is 13.0. The summed E-state index contributed by atoms with van der Waals surface area (Å²) in [7, 11) is 0. The molecule has 0 spiro atoms. The van der Waals surface area contributed by atoms with Crippen molar-refractivity contribution in [2.45, 2.75) is 18.9 Å². The van der Waals surface area contributed by atoms with Gasteiger partial charge in [-0.2, -0.15) is 0 Å². The van der Waals surface area contributed by atoms with Crippen LogP contribution in [0.15, 0.2) is 18.2 Å². The molecule has 0 aromatic heterocycles. The highest BCUT2D eigenvalue weighted by Crippen LogP contribution is 2.20. The van der Waals surface area contributed by atoms with E-state index in [9.17, 15) is 28.9 Å². The van der Waals surface area contributed by atoms with Crippen LogP contribution < -0.4 is 10.6 Å². The largest absolute Gasteiger partial charge is 0.340 e. The van der Waals surface area contributed by atoms with Gasteiger partial charge in [0.25, 0.3) is 11.6 Å². The van der Waals surface area contributed by atoms with Crippen molar-refractivity contribution in [3.8, 4) is 0 Å². The maximum absolute atomic E-state index is 13.0. The first-order chi connectivity index (χ1) is 9.88. The summed E-state index contributed by atoms with van der Waals surface area (Å²) in [5.74, 6) is -2.85. The Labute approximate surface area is 117 Å². The summed E-state index contributed by atoms with van der Waals surface area (Å²) in [4.78, 5) is 44.4. The summed E-state index contributed by atoms with van der Waals surface area (Å²) in [5.41, 5.74) is -1.05. The highest BCUT2D eigenvalue weighted by atomic mass is 19.1. The van der Waals surface area contributed by atoms with Gasteiger partial charge in [-0.1, -0.05) is 0 Å². The zero-order valence-electron chi connectivity index (χ0n) is 10.6. The zero-order valence-corrected chi connectivity index (χ0v) is 10.6. The van der Waals surface area contributed by atoms with E-state index in [-0.39, 0.29) is 18.4 Å². The Morgan fingerprint density at radius 3 is 2.76 bits per heavy atom. The molecular formula is C12H10FN3O5. The second-order valence-electron chi connectivity index (χ2n) is 4.40. The average molecular weight is 295 g/mol. The highest BCUT2D eigenvalue weighted by Gasteiger charge is 2.30. The molecule has 3 amide bonds. The molecule has 0 radical (unpaired) electrons. The van der Waals surface area contributed by atoms with Crippen molar-refractivity contribution in [3.05, 3.63) is 39.7 Å². The maximum atomic E-state index is 13.0. The van der Waals surface area contributed by atoms with Gasteiger partial charge in [0, 0.05) is 6.42 Å². The van der Waals surface area contributed by atoms with E-state index in [4.69, 9.17) is 0 Å². The molecule has 0 aliphatic carbocycles. The third kappa shape index (κ3) is 3.19. The van der Waals surface area contributed by atoms with Gasteiger partial charge in [-0.05, 0) is 18.6 Å². The minimum Gasteiger partial charge on any atom is -0.340 e. The van der Waals surface area contributed by atoms with E-state index in [1.54, 1.807) is 0 Å². The van der Waals surface area contributed by atoms with Crippen molar-refractivity contribution in [3.63, 3.8) is 0 Å². The fourth-order valence-corrected chi connectivity index (χ4v) is 1.92. The van der Waals surface area contributed by atoms with Crippen molar-refractivity contribution >= 4 is 23.4 Å². The Hall–Kier alpha value is -2.84. The Balaban J connectivity index is 2.19. The predicted molar refractivity (Wildman–Crippen MR) is 66.7 cm³/mol. The van der Waals surface area contributed by atoms with Crippen LogP contribution in [0.25, 0.3) is 0 Å². The lowest BCUT2D eigenvalue weighted by Gasteiger charge is -2.21. The fraction of sp³-hybridized carbons (Fsp3) is 0.250. The number of piperidine rings is 1. The van der Waals surface area contributed by atoms with Crippen LogP contribution in [-0.4, -0.2) is 28.7 Å². The second kappa shape index (κ2) is 5.65. The van der Waals surface area contributed by atoms with Gasteiger partial charge in [0.05, 0.1) is 11.0 Å². The van der Waals surface area contributed by atoms with E-state index in [1.165, 1.54) is 0 Å². The van der Waals surface area contributed by atoms with E-state index >= 15 is 0 Å². The van der Waals surface area contributed by atoms with Crippen molar-refractivity contribution in [2.75, 3.05) is 0 Å². The van der Waals surface area contributed by atoms with Gasteiger partial charge in [-0.25, -0.2) is 4.39 Å². The fourth-order valence-electron chi connectivity index (χ4n) is 1.92. The molecule has 1 heterocycles. The van der Waals surface area contributed by atoms with Crippen LogP contribution in [0.4, 0.5) is 10.1 Å². The third-order valence-electron chi connectivity index (χ3n) is 2.95. The number of amides is 3. The SMILES string of the molecule is O=C1CCC(NC(=O)c2ccc(F)cc2[N+](=O)[O-])C(=O)N1. The van der Waals surface area contributed by atoms with Gasteiger partial charge < -0.3 is 5.32 Å². The first kappa shape index (κ1) is 14.6. The van der Waals surface area contributed by atoms with Crippen LogP contribution in [0.5, 0.6) is 0 Å². The topological polar surface area (TPSA) is 118 Å². The minimum atomic E-state index is -0.958. The highest BCUT2D eigenvalue weighted by molar-refractivity contribution is 6.04. The monoisotopic (exact) mass is 295 g/mol. The summed E-state index contributed by atoms with van der Waals surface area (Å²) >= 11 is 0. The van der Waals surface area contributed by atoms with Crippen LogP contribution in [0, 0.1) is 15.9 Å². The standard InChI is InChI=1S/C12H10FN3O5/c13-6-1-2-7(9(5-6)16(20)21)11(18)14-8-3-4-10(17)15-12(8)19/h1-2,5,8H,3-4H2,(H,14,18)(H,15,17,19). The molecule has 1 aromatic carbocycles. The van der Waals surface area contributed by atoms with Crippen LogP contribution in [0.3, 0.4) is 0 Å². The number of imide groups is 1. The van der Waals surface area contributed by atoms with Crippen molar-refractivity contribution in [1.82, 2.24) is 10.6 Å². The van der Waals surface area contributed by atoms with E-state index in [1.807, 2.05) is 5.32 Å². The van der Waals surface area contributed by atoms with Crippen molar-refractivity contribution in [1.29, 1.82) is 0 Å². The van der Waals surface area contributed by atoms with Gasteiger partial charge in [0.2, 0.25) is 11.8 Å². The quantitative estimate of drug-likeness (QED) is 0.471. The first-order valence-electron chi connectivity index (χ1n) is 5.97. The molecule has 1 aliphatic rings. The molecule has 1 aromatic rings. The normalized spacial score (nSPS) is 18.0. The van der Waals surface area contributed by atoms with Crippen LogP contribution in [0.2, 0.25) is 0 Å². The summed E-state index contributed by atoms with van der Waals surface area (Å²) in [5, 5.41) is 15.1. The van der Waals surface area contributed by atoms with Gasteiger partial charge in [-0.15, -0.1) is 0 Å². The number of nitrogens with one attached hydrogen (secondary N) is 2. The summed E-state index contributed by atoms with van der Waals surface area (Å²) in [6, 6.07) is 1.54. The van der Waals surface area contributed by atoms with Gasteiger partial charge in [-0.3, -0.25) is 29.8 Å². The Morgan fingerprint density at radius 1 is 1.43 bits per heavy atom. The van der Waals surface area contributed by atoms with E-state index in [2.05, 4.69) is 5.32 Å². The molecule has 8 nitrogen and oxygen atoms in total.